The van der Waals surface area contributed by atoms with Gasteiger partial charge in [-0.1, -0.05) is 29.8 Å². The largest absolute Gasteiger partial charge is 0.381 e. The minimum Gasteiger partial charge on any atom is -0.381 e. The molecule has 2 saturated heterocycles. The van der Waals surface area contributed by atoms with Crippen molar-refractivity contribution in [3.63, 3.8) is 0 Å². The maximum atomic E-state index is 3.87. The molecule has 4 aliphatic rings. The number of piperidine rings is 1. The second kappa shape index (κ2) is 3.67. The molecule has 3 fully saturated rings. The summed E-state index contributed by atoms with van der Waals surface area (Å²) < 4.78 is 0. The molecule has 3 aliphatic heterocycles. The second-order valence-electron chi connectivity index (χ2n) is 6.98. The molecule has 0 radical (unpaired) electrons. The zero-order valence-corrected chi connectivity index (χ0v) is 12.1. The summed E-state index contributed by atoms with van der Waals surface area (Å²) in [6.45, 7) is 4.84. The van der Waals surface area contributed by atoms with Crippen molar-refractivity contribution in [1.82, 2.24) is 4.90 Å². The molecule has 2 bridgehead atoms. The van der Waals surface area contributed by atoms with Gasteiger partial charge in [-0.25, -0.2) is 0 Å². The Morgan fingerprint density at radius 2 is 2.20 bits per heavy atom. The Labute approximate surface area is 120 Å². The van der Waals surface area contributed by atoms with Crippen LogP contribution in [0.3, 0.4) is 0 Å². The average Bonchev–Trinajstić information content (AvgIpc) is 3.03. The van der Waals surface area contributed by atoms with Crippen LogP contribution >= 0.6 is 0 Å². The van der Waals surface area contributed by atoms with Gasteiger partial charge in [-0.15, -0.1) is 0 Å². The minimum absolute atomic E-state index is 0.357. The number of rotatable bonds is 0. The first kappa shape index (κ1) is 11.4. The van der Waals surface area contributed by atoms with E-state index in [1.165, 1.54) is 38.0 Å². The van der Waals surface area contributed by atoms with Crippen LogP contribution in [0.25, 0.3) is 0 Å². The highest BCUT2D eigenvalue weighted by atomic mass is 15.2. The van der Waals surface area contributed by atoms with Gasteiger partial charge < -0.3 is 5.32 Å². The maximum absolute atomic E-state index is 3.87. The van der Waals surface area contributed by atoms with Crippen molar-refractivity contribution in [2.24, 2.45) is 5.92 Å². The van der Waals surface area contributed by atoms with Crippen molar-refractivity contribution in [2.45, 2.75) is 43.7 Å². The van der Waals surface area contributed by atoms with Crippen molar-refractivity contribution in [2.75, 3.05) is 18.4 Å². The summed E-state index contributed by atoms with van der Waals surface area (Å²) in [4.78, 5) is 2.77. The number of hydrogen-bond donors (Lipinski definition) is 1. The van der Waals surface area contributed by atoms with Crippen LogP contribution in [0.5, 0.6) is 0 Å². The van der Waals surface area contributed by atoms with E-state index in [0.29, 0.717) is 17.5 Å². The molecular formula is C18H22N2. The molecule has 0 aromatic heterocycles. The van der Waals surface area contributed by atoms with Gasteiger partial charge >= 0.3 is 0 Å². The second-order valence-corrected chi connectivity index (χ2v) is 6.98. The molecule has 2 nitrogen and oxygen atoms in total. The van der Waals surface area contributed by atoms with E-state index in [2.05, 4.69) is 47.5 Å². The predicted molar refractivity (Wildman–Crippen MR) is 82.0 cm³/mol. The number of hydrogen-bond acceptors (Lipinski definition) is 2. The summed E-state index contributed by atoms with van der Waals surface area (Å²) >= 11 is 0. The van der Waals surface area contributed by atoms with Gasteiger partial charge in [0.1, 0.15) is 0 Å². The van der Waals surface area contributed by atoms with Crippen LogP contribution in [0.4, 0.5) is 5.69 Å². The maximum Gasteiger partial charge on any atom is 0.0428 e. The van der Waals surface area contributed by atoms with Gasteiger partial charge in [-0.2, -0.15) is 0 Å². The molecular weight excluding hydrogens is 244 g/mol. The topological polar surface area (TPSA) is 15.3 Å². The van der Waals surface area contributed by atoms with E-state index in [0.717, 1.165) is 5.92 Å². The Kier molecular flexibility index (Phi) is 2.09. The summed E-state index contributed by atoms with van der Waals surface area (Å²) in [6, 6.07) is 10.4. The predicted octanol–water partition coefficient (Wildman–Crippen LogP) is 3.16. The van der Waals surface area contributed by atoms with Gasteiger partial charge in [0.2, 0.25) is 0 Å². The number of nitrogens with one attached hydrogen (secondary N) is 1. The molecule has 104 valence electrons. The fourth-order valence-electron chi connectivity index (χ4n) is 5.75. The molecule has 1 saturated carbocycles. The molecule has 1 aliphatic carbocycles. The number of para-hydroxylation sites is 1. The average molecular weight is 266 g/mol. The van der Waals surface area contributed by atoms with Crippen LogP contribution in [-0.2, 0) is 5.41 Å². The Balaban J connectivity index is 1.76. The third-order valence-electron chi connectivity index (χ3n) is 6.45. The number of nitrogens with zero attached hydrogens (tertiary/aromatic N) is 1. The van der Waals surface area contributed by atoms with E-state index < -0.39 is 0 Å². The lowest BCUT2D eigenvalue weighted by molar-refractivity contribution is 0.124. The van der Waals surface area contributed by atoms with Gasteiger partial charge in [-0.05, 0) is 56.8 Å². The van der Waals surface area contributed by atoms with Crippen molar-refractivity contribution >= 4 is 5.69 Å². The zero-order valence-electron chi connectivity index (χ0n) is 12.1. The first-order chi connectivity index (χ1) is 9.84. The Morgan fingerprint density at radius 1 is 1.30 bits per heavy atom. The molecule has 1 aromatic rings. The lowest BCUT2D eigenvalue weighted by Crippen LogP contribution is -2.58. The monoisotopic (exact) mass is 266 g/mol. The fraction of sp³-hybridized carbons (Fsp3) is 0.556. The highest BCUT2D eigenvalue weighted by molar-refractivity contribution is 5.65. The van der Waals surface area contributed by atoms with Crippen LogP contribution in [0.15, 0.2) is 35.9 Å². The molecule has 3 heterocycles. The molecule has 1 N–H and O–H groups in total. The highest BCUT2D eigenvalue weighted by Gasteiger charge is 2.62. The van der Waals surface area contributed by atoms with Gasteiger partial charge in [0, 0.05) is 23.2 Å². The van der Waals surface area contributed by atoms with E-state index in [9.17, 15) is 0 Å². The lowest BCUT2D eigenvalue weighted by Gasteiger charge is -2.52. The van der Waals surface area contributed by atoms with Crippen molar-refractivity contribution in [3.8, 4) is 0 Å². The molecule has 5 rings (SSSR count). The third kappa shape index (κ3) is 1.12. The minimum atomic E-state index is 0.357. The summed E-state index contributed by atoms with van der Waals surface area (Å²) in [5, 5.41) is 3.87. The van der Waals surface area contributed by atoms with Gasteiger partial charge in [0.25, 0.3) is 0 Å². The van der Waals surface area contributed by atoms with E-state index in [-0.39, 0.29) is 0 Å². The van der Waals surface area contributed by atoms with E-state index in [1.54, 1.807) is 11.1 Å². The molecule has 4 atom stereocenters. The van der Waals surface area contributed by atoms with Crippen molar-refractivity contribution in [1.29, 1.82) is 0 Å². The van der Waals surface area contributed by atoms with Crippen LogP contribution < -0.4 is 5.32 Å². The summed E-state index contributed by atoms with van der Waals surface area (Å²) in [7, 11) is 0. The first-order valence-electron chi connectivity index (χ1n) is 8.11. The molecule has 0 amide bonds. The van der Waals surface area contributed by atoms with Crippen molar-refractivity contribution < 1.29 is 0 Å². The molecule has 2 heteroatoms. The fourth-order valence-corrected chi connectivity index (χ4v) is 5.75. The SMILES string of the molecule is C/C=C1\C2CCN3CCC4(c5ccccc5NC4C2)C13. The number of allylic oxidation sites excluding steroid dienone is 1. The third-order valence-corrected chi connectivity index (χ3v) is 6.45. The Morgan fingerprint density at radius 3 is 3.10 bits per heavy atom. The molecule has 1 spiro atoms. The zero-order chi connectivity index (χ0) is 13.3. The van der Waals surface area contributed by atoms with E-state index in [1.807, 2.05) is 0 Å². The smallest absolute Gasteiger partial charge is 0.0428 e. The summed E-state index contributed by atoms with van der Waals surface area (Å²) in [5.41, 5.74) is 5.10. The van der Waals surface area contributed by atoms with Crippen molar-refractivity contribution in [3.05, 3.63) is 41.5 Å². The number of benzene rings is 1. The van der Waals surface area contributed by atoms with Gasteiger partial charge in [-0.3, -0.25) is 4.90 Å². The number of anilines is 1. The number of fused-ring (bicyclic) bond motifs is 2. The van der Waals surface area contributed by atoms with Crippen LogP contribution in [0.1, 0.15) is 31.7 Å². The molecule has 4 unspecified atom stereocenters. The van der Waals surface area contributed by atoms with Gasteiger partial charge in [0.05, 0.1) is 0 Å². The summed E-state index contributed by atoms with van der Waals surface area (Å²) in [6.07, 6.45) is 6.46. The summed E-state index contributed by atoms with van der Waals surface area (Å²) in [5.74, 6) is 0.819. The molecule has 20 heavy (non-hydrogen) atoms. The van der Waals surface area contributed by atoms with Gasteiger partial charge in [0.15, 0.2) is 0 Å². The lowest BCUT2D eigenvalue weighted by atomic mass is 9.58. The standard InChI is InChI=1S/C18H22N2/c1-2-13-12-7-9-20-10-8-18(17(13)20)14-5-3-4-6-15(14)19-16(18)11-12/h2-6,12,16-17,19H,7-11H2,1H3/b13-2+. The Hall–Kier alpha value is -1.28. The van der Waals surface area contributed by atoms with E-state index >= 15 is 0 Å². The normalized spacial score (nSPS) is 43.2. The van der Waals surface area contributed by atoms with Crippen LogP contribution in [0.2, 0.25) is 0 Å². The van der Waals surface area contributed by atoms with Crippen LogP contribution in [-0.4, -0.2) is 30.1 Å². The Bertz CT molecular complexity index is 605. The van der Waals surface area contributed by atoms with Crippen LogP contribution in [0, 0.1) is 5.92 Å². The highest BCUT2D eigenvalue weighted by Crippen LogP contribution is 2.60. The quantitative estimate of drug-likeness (QED) is 0.726. The molecule has 1 aromatic carbocycles. The first-order valence-corrected chi connectivity index (χ1v) is 8.11. The van der Waals surface area contributed by atoms with E-state index in [4.69, 9.17) is 0 Å².